The zero-order valence-corrected chi connectivity index (χ0v) is 20.6. The van der Waals surface area contributed by atoms with Gasteiger partial charge in [0.05, 0.1) is 42.0 Å². The number of quaternary nitrogens is 1. The molecule has 2 N–H and O–H groups in total. The number of aromatic nitrogens is 2. The second kappa shape index (κ2) is 9.13. The van der Waals surface area contributed by atoms with E-state index in [0.717, 1.165) is 31.8 Å². The monoisotopic (exact) mass is 541 g/mol. The summed E-state index contributed by atoms with van der Waals surface area (Å²) in [5.41, 5.74) is -0.535. The Bertz CT molecular complexity index is 1520. The van der Waals surface area contributed by atoms with Gasteiger partial charge in [-0.15, -0.1) is 22.7 Å². The summed E-state index contributed by atoms with van der Waals surface area (Å²) in [5, 5.41) is 4.41. The third kappa shape index (κ3) is 4.66. The van der Waals surface area contributed by atoms with Crippen LogP contribution in [-0.4, -0.2) is 48.9 Å². The van der Waals surface area contributed by atoms with Gasteiger partial charge in [0.25, 0.3) is 5.56 Å². The van der Waals surface area contributed by atoms with Gasteiger partial charge in [-0.25, -0.2) is 13.4 Å². The van der Waals surface area contributed by atoms with Crippen LogP contribution in [-0.2, 0) is 22.7 Å². The molecular weight excluding hydrogens is 521 g/mol. The van der Waals surface area contributed by atoms with E-state index in [4.69, 9.17) is 0 Å². The van der Waals surface area contributed by atoms with E-state index in [-0.39, 0.29) is 18.6 Å². The summed E-state index contributed by atoms with van der Waals surface area (Å²) in [6, 6.07) is 8.10. The molecule has 1 aliphatic heterocycles. The second-order valence-corrected chi connectivity index (χ2v) is 11.9. The predicted octanol–water partition coefficient (Wildman–Crippen LogP) is 2.82. The van der Waals surface area contributed by atoms with Gasteiger partial charge in [-0.1, -0.05) is 18.2 Å². The van der Waals surface area contributed by atoms with Gasteiger partial charge in [0.2, 0.25) is 10.0 Å². The van der Waals surface area contributed by atoms with Crippen LogP contribution >= 0.6 is 22.7 Å². The van der Waals surface area contributed by atoms with E-state index in [9.17, 15) is 26.4 Å². The Labute approximate surface area is 206 Å². The molecule has 184 valence electrons. The number of benzene rings is 1. The number of hydrogen-bond donors (Lipinski definition) is 2. The zero-order valence-electron chi connectivity index (χ0n) is 18.1. The Hall–Kier alpha value is -2.58. The number of nitrogens with one attached hydrogen (secondary N) is 2. The van der Waals surface area contributed by atoms with Gasteiger partial charge >= 0.3 is 6.18 Å². The highest BCUT2D eigenvalue weighted by molar-refractivity contribution is 7.89. The van der Waals surface area contributed by atoms with Gasteiger partial charge < -0.3 is 9.88 Å². The summed E-state index contributed by atoms with van der Waals surface area (Å²) in [4.78, 5) is 22.1. The minimum absolute atomic E-state index is 0.0673. The highest BCUT2D eigenvalue weighted by atomic mass is 32.2. The van der Waals surface area contributed by atoms with Gasteiger partial charge in [0.15, 0.2) is 5.82 Å². The largest absolute Gasteiger partial charge is 0.417 e. The van der Waals surface area contributed by atoms with E-state index in [2.05, 4.69) is 9.97 Å². The number of sulfonamides is 1. The maximum absolute atomic E-state index is 13.4. The second-order valence-electron chi connectivity index (χ2n) is 8.14. The van der Waals surface area contributed by atoms with Crippen molar-refractivity contribution in [2.75, 3.05) is 26.2 Å². The third-order valence-corrected chi connectivity index (χ3v) is 9.67. The average Bonchev–Trinajstić information content (AvgIpc) is 3.49. The normalized spacial score (nSPS) is 16.2. The van der Waals surface area contributed by atoms with Crippen LogP contribution in [0.15, 0.2) is 56.8 Å². The SMILES string of the molecule is O=c1[nH]c(C[NH+]2CCN(S(=O)(=O)c3ccccc3C(F)(F)F)CC2)nc2scc(-c3cccs3)c12. The van der Waals surface area contributed by atoms with Gasteiger partial charge in [0.1, 0.15) is 11.4 Å². The van der Waals surface area contributed by atoms with E-state index in [1.165, 1.54) is 23.5 Å². The Balaban J connectivity index is 1.31. The van der Waals surface area contributed by atoms with Gasteiger partial charge in [-0.3, -0.25) is 4.79 Å². The lowest BCUT2D eigenvalue weighted by Crippen LogP contribution is -3.13. The fraction of sp³-hybridized carbons (Fsp3) is 0.273. The lowest BCUT2D eigenvalue weighted by atomic mass is 10.2. The summed E-state index contributed by atoms with van der Waals surface area (Å²) in [6.45, 7) is 1.26. The molecule has 0 bridgehead atoms. The van der Waals surface area contributed by atoms with Gasteiger partial charge in [-0.2, -0.15) is 17.5 Å². The smallest absolute Gasteiger partial charge is 0.326 e. The topological polar surface area (TPSA) is 87.6 Å². The summed E-state index contributed by atoms with van der Waals surface area (Å²) < 4.78 is 67.1. The van der Waals surface area contributed by atoms with Crippen molar-refractivity contribution in [2.45, 2.75) is 17.6 Å². The lowest BCUT2D eigenvalue weighted by molar-refractivity contribution is -0.917. The molecular formula is C22H20F3N4O3S3+. The molecule has 0 radical (unpaired) electrons. The molecule has 13 heteroatoms. The number of piperazine rings is 1. The van der Waals surface area contributed by atoms with Crippen LogP contribution in [0, 0.1) is 0 Å². The van der Waals surface area contributed by atoms with E-state index in [0.29, 0.717) is 35.7 Å². The Morgan fingerprint density at radius 2 is 1.83 bits per heavy atom. The van der Waals surface area contributed by atoms with Crippen molar-refractivity contribution in [1.29, 1.82) is 0 Å². The zero-order chi connectivity index (χ0) is 24.8. The number of rotatable bonds is 5. The first-order valence-electron chi connectivity index (χ1n) is 10.7. The van der Waals surface area contributed by atoms with Crippen LogP contribution in [0.2, 0.25) is 0 Å². The molecule has 4 heterocycles. The van der Waals surface area contributed by atoms with E-state index < -0.39 is 26.7 Å². The number of aromatic amines is 1. The fourth-order valence-electron chi connectivity index (χ4n) is 4.21. The van der Waals surface area contributed by atoms with Crippen molar-refractivity contribution in [3.05, 3.63) is 68.9 Å². The van der Waals surface area contributed by atoms with Crippen LogP contribution in [0.3, 0.4) is 0 Å². The highest BCUT2D eigenvalue weighted by Crippen LogP contribution is 2.35. The van der Waals surface area contributed by atoms with Crippen LogP contribution in [0.25, 0.3) is 20.7 Å². The van der Waals surface area contributed by atoms with E-state index in [1.54, 1.807) is 11.3 Å². The van der Waals surface area contributed by atoms with Crippen molar-refractivity contribution < 1.29 is 26.5 Å². The molecule has 0 aliphatic carbocycles. The van der Waals surface area contributed by atoms with E-state index >= 15 is 0 Å². The fourth-order valence-corrected chi connectivity index (χ4v) is 7.65. The summed E-state index contributed by atoms with van der Waals surface area (Å²) in [6.07, 6.45) is -4.77. The predicted molar refractivity (Wildman–Crippen MR) is 128 cm³/mol. The Morgan fingerprint density at radius 3 is 2.51 bits per heavy atom. The molecule has 0 unspecified atom stereocenters. The molecule has 5 rings (SSSR count). The minimum atomic E-state index is -4.77. The molecule has 0 atom stereocenters. The number of fused-ring (bicyclic) bond motifs is 1. The molecule has 4 aromatic rings. The number of nitrogens with zero attached hydrogens (tertiary/aromatic N) is 2. The number of H-pyrrole nitrogens is 1. The lowest BCUT2D eigenvalue weighted by Gasteiger charge is -2.31. The maximum Gasteiger partial charge on any atom is 0.417 e. The average molecular weight is 542 g/mol. The molecule has 0 saturated carbocycles. The minimum Gasteiger partial charge on any atom is -0.326 e. The first-order chi connectivity index (χ1) is 16.6. The van der Waals surface area contributed by atoms with Crippen molar-refractivity contribution in [2.24, 2.45) is 0 Å². The molecule has 1 aliphatic rings. The molecule has 0 amide bonds. The number of halogens is 3. The van der Waals surface area contributed by atoms with Crippen molar-refractivity contribution in [3.63, 3.8) is 0 Å². The number of alkyl halides is 3. The highest BCUT2D eigenvalue weighted by Gasteiger charge is 2.40. The quantitative estimate of drug-likeness (QED) is 0.407. The van der Waals surface area contributed by atoms with Crippen molar-refractivity contribution in [1.82, 2.24) is 14.3 Å². The first kappa shape index (κ1) is 24.1. The van der Waals surface area contributed by atoms with Crippen LogP contribution < -0.4 is 10.5 Å². The van der Waals surface area contributed by atoms with Crippen molar-refractivity contribution >= 4 is 42.9 Å². The Morgan fingerprint density at radius 1 is 1.09 bits per heavy atom. The Kier molecular flexibility index (Phi) is 6.30. The molecule has 3 aromatic heterocycles. The standard InChI is InChI=1S/C22H19F3N4O3S3/c23-22(24,25)15-4-1-2-6-17(15)35(31,32)29-9-7-28(8-10-29)12-18-26-20(30)19-14(13-34-21(19)27-18)16-5-3-11-33-16/h1-6,11,13H,7-10,12H2,(H,26,27,30)/p+1. The van der Waals surface area contributed by atoms with Crippen LogP contribution in [0.1, 0.15) is 11.4 Å². The van der Waals surface area contributed by atoms with Gasteiger partial charge in [-0.05, 0) is 23.6 Å². The van der Waals surface area contributed by atoms with Crippen LogP contribution in [0.5, 0.6) is 0 Å². The van der Waals surface area contributed by atoms with E-state index in [1.807, 2.05) is 22.9 Å². The molecule has 0 spiro atoms. The molecule has 1 aromatic carbocycles. The summed E-state index contributed by atoms with van der Waals surface area (Å²) in [5.74, 6) is 0.496. The number of hydrogen-bond acceptors (Lipinski definition) is 6. The molecule has 7 nitrogen and oxygen atoms in total. The first-order valence-corrected chi connectivity index (χ1v) is 13.9. The van der Waals surface area contributed by atoms with Crippen molar-refractivity contribution in [3.8, 4) is 10.4 Å². The maximum atomic E-state index is 13.4. The summed E-state index contributed by atoms with van der Waals surface area (Å²) >= 11 is 2.94. The number of thiophene rings is 2. The molecule has 1 fully saturated rings. The molecule has 35 heavy (non-hydrogen) atoms. The third-order valence-electron chi connectivity index (χ3n) is 5.94. The molecule has 1 saturated heterocycles. The van der Waals surface area contributed by atoms with Crippen LogP contribution in [0.4, 0.5) is 13.2 Å². The van der Waals surface area contributed by atoms with Gasteiger partial charge in [0, 0.05) is 15.8 Å². The summed E-state index contributed by atoms with van der Waals surface area (Å²) in [7, 11) is -4.30.